The molecule has 128 valence electrons. The topological polar surface area (TPSA) is 54.9 Å². The third-order valence-corrected chi connectivity index (χ3v) is 4.16. The third kappa shape index (κ3) is 4.85. The van der Waals surface area contributed by atoms with Crippen LogP contribution in [0.25, 0.3) is 0 Å². The van der Waals surface area contributed by atoms with Gasteiger partial charge in [0.15, 0.2) is 10.9 Å². The molecule has 0 aliphatic heterocycles. The van der Waals surface area contributed by atoms with E-state index in [2.05, 4.69) is 15.3 Å². The van der Waals surface area contributed by atoms with Gasteiger partial charge in [-0.1, -0.05) is 36.4 Å². The molecular formula is C15H13ClF3N3OS. The van der Waals surface area contributed by atoms with Crippen molar-refractivity contribution in [3.8, 4) is 0 Å². The molecule has 0 fully saturated rings. The first-order valence-electron chi connectivity index (χ1n) is 6.95. The normalized spacial score (nSPS) is 11.4. The zero-order chi connectivity index (χ0) is 17.7. The van der Waals surface area contributed by atoms with Crippen LogP contribution in [0.2, 0.25) is 5.02 Å². The summed E-state index contributed by atoms with van der Waals surface area (Å²) in [5, 5.41) is 2.78. The van der Waals surface area contributed by atoms with Gasteiger partial charge in [-0.25, -0.2) is 9.97 Å². The number of carbonyl (C=O) groups is 1. The van der Waals surface area contributed by atoms with Gasteiger partial charge in [-0.3, -0.25) is 4.79 Å². The van der Waals surface area contributed by atoms with Gasteiger partial charge >= 0.3 is 6.18 Å². The van der Waals surface area contributed by atoms with Crippen LogP contribution < -0.4 is 5.32 Å². The predicted octanol–water partition coefficient (Wildman–Crippen LogP) is 4.90. The second kappa shape index (κ2) is 7.85. The van der Waals surface area contributed by atoms with Crippen LogP contribution in [0, 0.1) is 0 Å². The van der Waals surface area contributed by atoms with Crippen molar-refractivity contribution in [1.82, 2.24) is 9.97 Å². The minimum Gasteiger partial charge on any atom is -0.321 e. The van der Waals surface area contributed by atoms with Crippen LogP contribution in [0.5, 0.6) is 0 Å². The predicted molar refractivity (Wildman–Crippen MR) is 87.5 cm³/mol. The summed E-state index contributed by atoms with van der Waals surface area (Å²) in [5.74, 6) is 0.0797. The van der Waals surface area contributed by atoms with Crippen molar-refractivity contribution >= 4 is 35.0 Å². The van der Waals surface area contributed by atoms with Crippen LogP contribution >= 0.6 is 23.4 Å². The lowest BCUT2D eigenvalue weighted by Crippen LogP contribution is -2.16. The summed E-state index contributed by atoms with van der Waals surface area (Å²) in [6.07, 6.45) is -2.28. The number of thioether (sulfide) groups is 1. The van der Waals surface area contributed by atoms with E-state index in [0.29, 0.717) is 5.16 Å². The molecular weight excluding hydrogens is 363 g/mol. The van der Waals surface area contributed by atoms with Gasteiger partial charge in [-0.05, 0) is 24.6 Å². The molecule has 0 atom stereocenters. The Morgan fingerprint density at radius 1 is 1.38 bits per heavy atom. The molecule has 0 aliphatic rings. The third-order valence-electron chi connectivity index (χ3n) is 2.82. The second-order valence-electron chi connectivity index (χ2n) is 4.73. The van der Waals surface area contributed by atoms with E-state index in [1.165, 1.54) is 30.1 Å². The van der Waals surface area contributed by atoms with E-state index in [-0.39, 0.29) is 16.4 Å². The highest BCUT2D eigenvalue weighted by Crippen LogP contribution is 2.31. The number of halogens is 4. The molecule has 0 aliphatic carbocycles. The molecule has 1 N–H and O–H groups in total. The Morgan fingerprint density at radius 2 is 2.12 bits per heavy atom. The van der Waals surface area contributed by atoms with E-state index in [1.807, 2.05) is 6.92 Å². The Balaban J connectivity index is 2.21. The van der Waals surface area contributed by atoms with Crippen molar-refractivity contribution in [1.29, 1.82) is 0 Å². The summed E-state index contributed by atoms with van der Waals surface area (Å²) in [4.78, 5) is 20.3. The minimum atomic E-state index is -4.49. The number of hydrogen-bond donors (Lipinski definition) is 1. The summed E-state index contributed by atoms with van der Waals surface area (Å²) in [7, 11) is 0. The fourth-order valence-electron chi connectivity index (χ4n) is 1.74. The largest absolute Gasteiger partial charge is 0.416 e. The second-order valence-corrected chi connectivity index (χ2v) is 6.20. The maximum absolute atomic E-state index is 12.7. The number of hydrogen-bond acceptors (Lipinski definition) is 4. The van der Waals surface area contributed by atoms with Crippen LogP contribution in [0.1, 0.15) is 29.4 Å². The number of anilines is 1. The van der Waals surface area contributed by atoms with Crippen LogP contribution in [-0.2, 0) is 6.18 Å². The highest BCUT2D eigenvalue weighted by Gasteiger charge is 2.30. The Kier molecular flexibility index (Phi) is 6.06. The number of alkyl halides is 3. The standard InChI is InChI=1S/C15H13ClF3N3OS/c1-2-6-24-14-20-8-11(16)12(22-14)13(23)21-10-5-3-4-9(7-10)15(17,18)19/h3-5,7-8H,2,6H2,1H3,(H,21,23). The molecule has 0 saturated carbocycles. The maximum Gasteiger partial charge on any atom is 0.416 e. The summed E-state index contributed by atoms with van der Waals surface area (Å²) in [5.41, 5.74) is -0.928. The zero-order valence-corrected chi connectivity index (χ0v) is 14.1. The van der Waals surface area contributed by atoms with E-state index in [4.69, 9.17) is 11.6 Å². The van der Waals surface area contributed by atoms with Crippen molar-refractivity contribution in [2.75, 3.05) is 11.1 Å². The van der Waals surface area contributed by atoms with Gasteiger partial charge in [0.05, 0.1) is 16.8 Å². The monoisotopic (exact) mass is 375 g/mol. The SMILES string of the molecule is CCCSc1ncc(Cl)c(C(=O)Nc2cccc(C(F)(F)F)c2)n1. The van der Waals surface area contributed by atoms with Gasteiger partial charge in [-0.15, -0.1) is 0 Å². The van der Waals surface area contributed by atoms with E-state index in [9.17, 15) is 18.0 Å². The highest BCUT2D eigenvalue weighted by molar-refractivity contribution is 7.99. The number of nitrogens with zero attached hydrogens (tertiary/aromatic N) is 2. The van der Waals surface area contributed by atoms with E-state index in [1.54, 1.807) is 0 Å². The molecule has 1 heterocycles. The summed E-state index contributed by atoms with van der Waals surface area (Å²) < 4.78 is 38.1. The van der Waals surface area contributed by atoms with E-state index >= 15 is 0 Å². The Hall–Kier alpha value is -1.80. The first-order chi connectivity index (χ1) is 11.3. The Bertz CT molecular complexity index is 740. The highest BCUT2D eigenvalue weighted by atomic mass is 35.5. The molecule has 1 amide bonds. The Morgan fingerprint density at radius 3 is 2.79 bits per heavy atom. The number of nitrogens with one attached hydrogen (secondary N) is 1. The van der Waals surface area contributed by atoms with Crippen molar-refractivity contribution < 1.29 is 18.0 Å². The smallest absolute Gasteiger partial charge is 0.321 e. The van der Waals surface area contributed by atoms with Gasteiger partial charge in [0, 0.05) is 11.4 Å². The van der Waals surface area contributed by atoms with Crippen LogP contribution in [0.15, 0.2) is 35.6 Å². The van der Waals surface area contributed by atoms with Gasteiger partial charge in [0.25, 0.3) is 5.91 Å². The minimum absolute atomic E-state index is 0.00673. The molecule has 2 aromatic rings. The van der Waals surface area contributed by atoms with Crippen molar-refractivity contribution in [2.24, 2.45) is 0 Å². The molecule has 2 rings (SSSR count). The number of rotatable bonds is 5. The van der Waals surface area contributed by atoms with Gasteiger partial charge in [0.1, 0.15) is 0 Å². The Labute approximate surface area is 145 Å². The number of carbonyl (C=O) groups excluding carboxylic acids is 1. The molecule has 4 nitrogen and oxygen atoms in total. The van der Waals surface area contributed by atoms with E-state index in [0.717, 1.165) is 24.3 Å². The lowest BCUT2D eigenvalue weighted by Gasteiger charge is -2.10. The number of benzene rings is 1. The molecule has 0 radical (unpaired) electrons. The first-order valence-corrected chi connectivity index (χ1v) is 8.31. The van der Waals surface area contributed by atoms with Crippen molar-refractivity contribution in [2.45, 2.75) is 24.7 Å². The molecule has 24 heavy (non-hydrogen) atoms. The first kappa shape index (κ1) is 18.5. The molecule has 1 aromatic carbocycles. The molecule has 0 saturated heterocycles. The molecule has 0 spiro atoms. The fourth-order valence-corrected chi connectivity index (χ4v) is 2.58. The van der Waals surface area contributed by atoms with E-state index < -0.39 is 17.6 Å². The summed E-state index contributed by atoms with van der Waals surface area (Å²) in [6.45, 7) is 1.99. The molecule has 9 heteroatoms. The van der Waals surface area contributed by atoms with Gasteiger partial charge in [0.2, 0.25) is 0 Å². The summed E-state index contributed by atoms with van der Waals surface area (Å²) >= 11 is 7.28. The average Bonchev–Trinajstić information content (AvgIpc) is 2.53. The van der Waals surface area contributed by atoms with Crippen LogP contribution in [-0.4, -0.2) is 21.6 Å². The van der Waals surface area contributed by atoms with Crippen molar-refractivity contribution in [3.63, 3.8) is 0 Å². The van der Waals surface area contributed by atoms with Crippen LogP contribution in [0.4, 0.5) is 18.9 Å². The molecule has 1 aromatic heterocycles. The summed E-state index contributed by atoms with van der Waals surface area (Å²) in [6, 6.07) is 4.34. The van der Waals surface area contributed by atoms with Gasteiger partial charge in [-0.2, -0.15) is 13.2 Å². The van der Waals surface area contributed by atoms with Crippen molar-refractivity contribution in [3.05, 3.63) is 46.7 Å². The number of aromatic nitrogens is 2. The lowest BCUT2D eigenvalue weighted by atomic mass is 10.2. The quantitative estimate of drug-likeness (QED) is 0.596. The fraction of sp³-hybridized carbons (Fsp3) is 0.267. The molecule has 0 unspecified atom stereocenters. The maximum atomic E-state index is 12.7. The number of amides is 1. The molecule has 0 bridgehead atoms. The van der Waals surface area contributed by atoms with Crippen LogP contribution in [0.3, 0.4) is 0 Å². The average molecular weight is 376 g/mol. The lowest BCUT2D eigenvalue weighted by molar-refractivity contribution is -0.137. The van der Waals surface area contributed by atoms with Gasteiger partial charge < -0.3 is 5.32 Å². The zero-order valence-electron chi connectivity index (χ0n) is 12.5.